The van der Waals surface area contributed by atoms with E-state index in [1.807, 2.05) is 18.2 Å². The molecule has 1 saturated carbocycles. The summed E-state index contributed by atoms with van der Waals surface area (Å²) >= 11 is 0. The SMILES string of the molecule is O=C(Nc1cccc(C(=O)N2CCC[C@@H](C(=O)NCC3CCCCC3)C2)c1)c1ccccc1. The molecule has 0 aromatic heterocycles. The zero-order valence-corrected chi connectivity index (χ0v) is 19.1. The molecule has 6 heteroatoms. The van der Waals surface area contributed by atoms with Crippen molar-refractivity contribution in [2.75, 3.05) is 25.0 Å². The average molecular weight is 448 g/mol. The molecule has 3 amide bonds. The van der Waals surface area contributed by atoms with Crippen LogP contribution in [-0.2, 0) is 4.79 Å². The topological polar surface area (TPSA) is 78.5 Å². The lowest BCUT2D eigenvalue weighted by atomic mass is 9.89. The smallest absolute Gasteiger partial charge is 0.255 e. The minimum atomic E-state index is -0.215. The van der Waals surface area contributed by atoms with Crippen molar-refractivity contribution in [3.05, 3.63) is 65.7 Å². The monoisotopic (exact) mass is 447 g/mol. The Hall–Kier alpha value is -3.15. The second-order valence-electron chi connectivity index (χ2n) is 9.24. The van der Waals surface area contributed by atoms with Crippen molar-refractivity contribution in [3.63, 3.8) is 0 Å². The highest BCUT2D eigenvalue weighted by atomic mass is 16.2. The number of anilines is 1. The van der Waals surface area contributed by atoms with E-state index in [-0.39, 0.29) is 23.6 Å². The van der Waals surface area contributed by atoms with Gasteiger partial charge in [0.1, 0.15) is 0 Å². The number of amides is 3. The van der Waals surface area contributed by atoms with Crippen molar-refractivity contribution in [2.24, 2.45) is 11.8 Å². The van der Waals surface area contributed by atoms with Gasteiger partial charge in [-0.1, -0.05) is 43.5 Å². The number of nitrogens with one attached hydrogen (secondary N) is 2. The van der Waals surface area contributed by atoms with Gasteiger partial charge in [-0.3, -0.25) is 14.4 Å². The van der Waals surface area contributed by atoms with E-state index in [2.05, 4.69) is 10.6 Å². The van der Waals surface area contributed by atoms with Gasteiger partial charge < -0.3 is 15.5 Å². The van der Waals surface area contributed by atoms with Gasteiger partial charge in [-0.25, -0.2) is 0 Å². The van der Waals surface area contributed by atoms with E-state index in [1.54, 1.807) is 41.3 Å². The van der Waals surface area contributed by atoms with E-state index >= 15 is 0 Å². The molecule has 174 valence electrons. The molecule has 1 heterocycles. The number of nitrogens with zero attached hydrogens (tertiary/aromatic N) is 1. The summed E-state index contributed by atoms with van der Waals surface area (Å²) in [6, 6.07) is 16.0. The van der Waals surface area contributed by atoms with Crippen LogP contribution in [0.4, 0.5) is 5.69 Å². The van der Waals surface area contributed by atoms with Crippen LogP contribution in [0.25, 0.3) is 0 Å². The predicted octanol–water partition coefficient (Wildman–Crippen LogP) is 4.49. The zero-order chi connectivity index (χ0) is 23.0. The predicted molar refractivity (Wildman–Crippen MR) is 129 cm³/mol. The molecule has 2 aliphatic rings. The Labute approximate surface area is 195 Å². The molecule has 2 aromatic carbocycles. The Morgan fingerprint density at radius 2 is 1.61 bits per heavy atom. The average Bonchev–Trinajstić information content (AvgIpc) is 2.88. The second kappa shape index (κ2) is 11.1. The molecule has 1 aliphatic heterocycles. The highest BCUT2D eigenvalue weighted by Crippen LogP contribution is 2.24. The third kappa shape index (κ3) is 6.21. The fourth-order valence-corrected chi connectivity index (χ4v) is 4.86. The van der Waals surface area contributed by atoms with Gasteiger partial charge in [-0.2, -0.15) is 0 Å². The van der Waals surface area contributed by atoms with Gasteiger partial charge in [0.15, 0.2) is 0 Å². The maximum atomic E-state index is 13.2. The maximum Gasteiger partial charge on any atom is 0.255 e. The Bertz CT molecular complexity index is 970. The summed E-state index contributed by atoms with van der Waals surface area (Å²) < 4.78 is 0. The lowest BCUT2D eigenvalue weighted by molar-refractivity contribution is -0.126. The van der Waals surface area contributed by atoms with Crippen molar-refractivity contribution < 1.29 is 14.4 Å². The van der Waals surface area contributed by atoms with Crippen LogP contribution >= 0.6 is 0 Å². The van der Waals surface area contributed by atoms with Crippen molar-refractivity contribution in [1.29, 1.82) is 0 Å². The molecule has 1 saturated heterocycles. The van der Waals surface area contributed by atoms with Gasteiger partial charge in [0.25, 0.3) is 11.8 Å². The lowest BCUT2D eigenvalue weighted by Crippen LogP contribution is -2.46. The molecule has 2 fully saturated rings. The normalized spacial score (nSPS) is 19.0. The van der Waals surface area contributed by atoms with Gasteiger partial charge in [0.05, 0.1) is 5.92 Å². The standard InChI is InChI=1S/C27H33N3O3/c31-25(28-18-20-9-3-1-4-10-20)23-14-8-16-30(19-23)27(33)22-13-7-15-24(17-22)29-26(32)21-11-5-2-6-12-21/h2,5-7,11-13,15,17,20,23H,1,3-4,8-10,14,16,18-19H2,(H,28,31)(H,29,32)/t23-/m1/s1. The summed E-state index contributed by atoms with van der Waals surface area (Å²) in [6.45, 7) is 1.84. The Morgan fingerprint density at radius 3 is 2.39 bits per heavy atom. The van der Waals surface area contributed by atoms with Crippen LogP contribution in [0.15, 0.2) is 54.6 Å². The number of hydrogen-bond acceptors (Lipinski definition) is 3. The van der Waals surface area contributed by atoms with Crippen molar-refractivity contribution in [1.82, 2.24) is 10.2 Å². The zero-order valence-electron chi connectivity index (χ0n) is 19.1. The van der Waals surface area contributed by atoms with Crippen molar-refractivity contribution in [3.8, 4) is 0 Å². The largest absolute Gasteiger partial charge is 0.356 e. The summed E-state index contributed by atoms with van der Waals surface area (Å²) in [5.41, 5.74) is 1.66. The van der Waals surface area contributed by atoms with E-state index in [0.717, 1.165) is 19.4 Å². The Kier molecular flexibility index (Phi) is 7.76. The highest BCUT2D eigenvalue weighted by molar-refractivity contribution is 6.05. The highest BCUT2D eigenvalue weighted by Gasteiger charge is 2.29. The second-order valence-corrected chi connectivity index (χ2v) is 9.24. The molecular weight excluding hydrogens is 414 g/mol. The summed E-state index contributed by atoms with van der Waals surface area (Å²) in [5, 5.41) is 6.00. The molecule has 2 aromatic rings. The number of benzene rings is 2. The van der Waals surface area contributed by atoms with Gasteiger partial charge in [-0.15, -0.1) is 0 Å². The minimum absolute atomic E-state index is 0.0712. The number of likely N-dealkylation sites (tertiary alicyclic amines) is 1. The summed E-state index contributed by atoms with van der Waals surface area (Å²) in [7, 11) is 0. The van der Waals surface area contributed by atoms with Crippen LogP contribution in [0.1, 0.15) is 65.7 Å². The van der Waals surface area contributed by atoms with Crippen LogP contribution in [0.3, 0.4) is 0 Å². The first-order valence-corrected chi connectivity index (χ1v) is 12.1. The number of rotatable bonds is 6. The van der Waals surface area contributed by atoms with Crippen LogP contribution < -0.4 is 10.6 Å². The van der Waals surface area contributed by atoms with Crippen molar-refractivity contribution in [2.45, 2.75) is 44.9 Å². The van der Waals surface area contributed by atoms with E-state index < -0.39 is 0 Å². The third-order valence-electron chi connectivity index (χ3n) is 6.77. The number of piperidine rings is 1. The van der Waals surface area contributed by atoms with Gasteiger partial charge in [0.2, 0.25) is 5.91 Å². The molecule has 33 heavy (non-hydrogen) atoms. The molecular formula is C27H33N3O3. The molecule has 2 N–H and O–H groups in total. The quantitative estimate of drug-likeness (QED) is 0.685. The number of carbonyl (C=O) groups is 3. The fourth-order valence-electron chi connectivity index (χ4n) is 4.86. The molecule has 1 atom stereocenters. The summed E-state index contributed by atoms with van der Waals surface area (Å²) in [4.78, 5) is 40.1. The molecule has 0 unspecified atom stereocenters. The molecule has 0 bridgehead atoms. The van der Waals surface area contributed by atoms with Crippen LogP contribution in [0.5, 0.6) is 0 Å². The van der Waals surface area contributed by atoms with Gasteiger partial charge in [-0.05, 0) is 61.9 Å². The molecule has 0 radical (unpaired) electrons. The fraction of sp³-hybridized carbons (Fsp3) is 0.444. The summed E-state index contributed by atoms with van der Waals surface area (Å²) in [5.74, 6) is 0.190. The molecule has 1 aliphatic carbocycles. The Balaban J connectivity index is 1.33. The third-order valence-corrected chi connectivity index (χ3v) is 6.77. The van der Waals surface area contributed by atoms with E-state index in [1.165, 1.54) is 32.1 Å². The molecule has 6 nitrogen and oxygen atoms in total. The van der Waals surface area contributed by atoms with E-state index in [9.17, 15) is 14.4 Å². The molecule has 0 spiro atoms. The number of carbonyl (C=O) groups excluding carboxylic acids is 3. The minimum Gasteiger partial charge on any atom is -0.356 e. The van der Waals surface area contributed by atoms with Crippen molar-refractivity contribution >= 4 is 23.4 Å². The van der Waals surface area contributed by atoms with E-state index in [0.29, 0.717) is 35.8 Å². The first kappa shape index (κ1) is 23.0. The van der Waals surface area contributed by atoms with Gasteiger partial charge in [0, 0.05) is 36.4 Å². The Morgan fingerprint density at radius 1 is 0.848 bits per heavy atom. The van der Waals surface area contributed by atoms with Crippen LogP contribution in [0, 0.1) is 11.8 Å². The molecule has 4 rings (SSSR count). The lowest BCUT2D eigenvalue weighted by Gasteiger charge is -2.32. The van der Waals surface area contributed by atoms with Crippen LogP contribution in [0.2, 0.25) is 0 Å². The summed E-state index contributed by atoms with van der Waals surface area (Å²) in [6.07, 6.45) is 7.86. The maximum absolute atomic E-state index is 13.2. The number of hydrogen-bond donors (Lipinski definition) is 2. The van der Waals surface area contributed by atoms with E-state index in [4.69, 9.17) is 0 Å². The van der Waals surface area contributed by atoms with Gasteiger partial charge >= 0.3 is 0 Å². The van der Waals surface area contributed by atoms with Crippen LogP contribution in [-0.4, -0.2) is 42.3 Å². The first-order valence-electron chi connectivity index (χ1n) is 12.1. The first-order chi connectivity index (χ1) is 16.1.